The second-order valence-corrected chi connectivity index (χ2v) is 3.39. The highest BCUT2D eigenvalue weighted by atomic mass is 16.5. The van der Waals surface area contributed by atoms with Crippen LogP contribution < -0.4 is 10.1 Å². The average molecular weight is 234 g/mol. The third kappa shape index (κ3) is 4.03. The Morgan fingerprint density at radius 2 is 2.29 bits per heavy atom. The minimum atomic E-state index is -0.597. The maximum atomic E-state index is 11.1. The minimum Gasteiger partial charge on any atom is -0.496 e. The van der Waals surface area contributed by atoms with Crippen molar-refractivity contribution in [2.24, 2.45) is 0 Å². The molecular weight excluding hydrogens is 220 g/mol. The molecule has 0 unspecified atom stereocenters. The highest BCUT2D eigenvalue weighted by Gasteiger charge is 2.03. The van der Waals surface area contributed by atoms with Crippen molar-refractivity contribution < 1.29 is 14.3 Å². The summed E-state index contributed by atoms with van der Waals surface area (Å²) in [6.45, 7) is 2.03. The van der Waals surface area contributed by atoms with E-state index >= 15 is 0 Å². The molecule has 0 bridgehead atoms. The lowest BCUT2D eigenvalue weighted by molar-refractivity contribution is 0.141. The molecule has 0 spiro atoms. The minimum absolute atomic E-state index is 0.0551. The Labute approximate surface area is 100.0 Å². The van der Waals surface area contributed by atoms with E-state index in [-0.39, 0.29) is 13.2 Å². The SMILES string of the molecule is COc1ccc(COC(=O)NCC#N)cc1C. The van der Waals surface area contributed by atoms with Crippen LogP contribution in [0.3, 0.4) is 0 Å². The Morgan fingerprint density at radius 1 is 1.53 bits per heavy atom. The first-order valence-corrected chi connectivity index (χ1v) is 5.08. The van der Waals surface area contributed by atoms with Gasteiger partial charge in [-0.25, -0.2) is 4.79 Å². The summed E-state index contributed by atoms with van der Waals surface area (Å²) < 4.78 is 10.0. The third-order valence-electron chi connectivity index (χ3n) is 2.14. The molecule has 0 aliphatic carbocycles. The molecule has 0 aliphatic rings. The van der Waals surface area contributed by atoms with Crippen molar-refractivity contribution in [1.82, 2.24) is 5.32 Å². The Kier molecular flexibility index (Phi) is 4.82. The van der Waals surface area contributed by atoms with Crippen molar-refractivity contribution in [3.8, 4) is 11.8 Å². The lowest BCUT2D eigenvalue weighted by Gasteiger charge is -2.08. The van der Waals surface area contributed by atoms with Crippen LogP contribution in [0.2, 0.25) is 0 Å². The number of carbonyl (C=O) groups is 1. The van der Waals surface area contributed by atoms with Crippen molar-refractivity contribution in [1.29, 1.82) is 5.26 Å². The zero-order chi connectivity index (χ0) is 12.7. The largest absolute Gasteiger partial charge is 0.496 e. The van der Waals surface area contributed by atoms with Gasteiger partial charge >= 0.3 is 6.09 Å². The number of amides is 1. The number of carbonyl (C=O) groups excluding carboxylic acids is 1. The van der Waals surface area contributed by atoms with Gasteiger partial charge in [0, 0.05) is 0 Å². The maximum Gasteiger partial charge on any atom is 0.408 e. The number of hydrogen-bond donors (Lipinski definition) is 1. The number of rotatable bonds is 4. The lowest BCUT2D eigenvalue weighted by atomic mass is 10.1. The molecular formula is C12H14N2O3. The van der Waals surface area contributed by atoms with Crippen LogP contribution in [0.5, 0.6) is 5.75 Å². The fraction of sp³-hybridized carbons (Fsp3) is 0.333. The fourth-order valence-electron chi connectivity index (χ4n) is 1.34. The number of hydrogen-bond acceptors (Lipinski definition) is 4. The molecule has 0 aliphatic heterocycles. The molecule has 1 rings (SSSR count). The van der Waals surface area contributed by atoms with E-state index in [9.17, 15) is 4.79 Å². The number of nitrogens with one attached hydrogen (secondary N) is 1. The molecule has 5 nitrogen and oxygen atoms in total. The number of benzene rings is 1. The molecule has 0 fully saturated rings. The molecule has 5 heteroatoms. The maximum absolute atomic E-state index is 11.1. The van der Waals surface area contributed by atoms with Gasteiger partial charge in [-0.1, -0.05) is 6.07 Å². The molecule has 1 aromatic rings. The average Bonchev–Trinajstić information content (AvgIpc) is 2.34. The summed E-state index contributed by atoms with van der Waals surface area (Å²) in [6.07, 6.45) is -0.597. The van der Waals surface area contributed by atoms with E-state index in [0.29, 0.717) is 0 Å². The number of ether oxygens (including phenoxy) is 2. The summed E-state index contributed by atoms with van der Waals surface area (Å²) in [5.41, 5.74) is 1.85. The zero-order valence-electron chi connectivity index (χ0n) is 9.82. The second kappa shape index (κ2) is 6.38. The Hall–Kier alpha value is -2.22. The smallest absolute Gasteiger partial charge is 0.408 e. The van der Waals surface area contributed by atoms with Gasteiger partial charge in [0.15, 0.2) is 0 Å². The zero-order valence-corrected chi connectivity index (χ0v) is 9.82. The Bertz CT molecular complexity index is 438. The normalized spacial score (nSPS) is 9.24. The first kappa shape index (κ1) is 12.8. The van der Waals surface area contributed by atoms with E-state index in [0.717, 1.165) is 16.9 Å². The van der Waals surface area contributed by atoms with Gasteiger partial charge in [-0.2, -0.15) is 5.26 Å². The van der Waals surface area contributed by atoms with Crippen LogP contribution in [-0.2, 0) is 11.3 Å². The van der Waals surface area contributed by atoms with Crippen molar-refractivity contribution in [3.63, 3.8) is 0 Å². The molecule has 17 heavy (non-hydrogen) atoms. The predicted molar refractivity (Wildman–Crippen MR) is 61.5 cm³/mol. The van der Waals surface area contributed by atoms with Crippen LogP contribution in [0.15, 0.2) is 18.2 Å². The summed E-state index contributed by atoms with van der Waals surface area (Å²) in [5, 5.41) is 10.6. The number of nitrogens with zero attached hydrogens (tertiary/aromatic N) is 1. The molecule has 1 amide bonds. The molecule has 1 aromatic carbocycles. The quantitative estimate of drug-likeness (QED) is 0.806. The van der Waals surface area contributed by atoms with Crippen LogP contribution in [0.25, 0.3) is 0 Å². The molecule has 0 heterocycles. The third-order valence-corrected chi connectivity index (χ3v) is 2.14. The van der Waals surface area contributed by atoms with Gasteiger partial charge in [0.05, 0.1) is 13.2 Å². The summed E-state index contributed by atoms with van der Waals surface area (Å²) in [7, 11) is 1.61. The Balaban J connectivity index is 2.50. The molecule has 0 saturated carbocycles. The van der Waals surface area contributed by atoms with Crippen molar-refractivity contribution in [3.05, 3.63) is 29.3 Å². The fourth-order valence-corrected chi connectivity index (χ4v) is 1.34. The number of aryl methyl sites for hydroxylation is 1. The molecule has 0 radical (unpaired) electrons. The molecule has 0 saturated heterocycles. The van der Waals surface area contributed by atoms with E-state index < -0.39 is 6.09 Å². The lowest BCUT2D eigenvalue weighted by Crippen LogP contribution is -2.24. The molecule has 0 atom stereocenters. The van der Waals surface area contributed by atoms with Crippen molar-refractivity contribution in [2.75, 3.05) is 13.7 Å². The number of nitriles is 1. The topological polar surface area (TPSA) is 71.3 Å². The summed E-state index contributed by atoms with van der Waals surface area (Å²) in [6, 6.07) is 7.32. The van der Waals surface area contributed by atoms with Gasteiger partial charge < -0.3 is 14.8 Å². The van der Waals surface area contributed by atoms with Crippen LogP contribution >= 0.6 is 0 Å². The van der Waals surface area contributed by atoms with Gasteiger partial charge in [0.1, 0.15) is 18.9 Å². The van der Waals surface area contributed by atoms with E-state index in [1.165, 1.54) is 0 Å². The van der Waals surface area contributed by atoms with Crippen LogP contribution in [0.4, 0.5) is 4.79 Å². The van der Waals surface area contributed by atoms with Gasteiger partial charge in [0.2, 0.25) is 0 Å². The predicted octanol–water partition coefficient (Wildman–Crippen LogP) is 1.75. The standard InChI is InChI=1S/C12H14N2O3/c1-9-7-10(3-4-11(9)16-2)8-17-12(15)14-6-5-13/h3-4,7H,6,8H2,1-2H3,(H,14,15). The monoisotopic (exact) mass is 234 g/mol. The summed E-state index contributed by atoms with van der Waals surface area (Å²) in [5.74, 6) is 0.794. The van der Waals surface area contributed by atoms with E-state index in [4.69, 9.17) is 14.7 Å². The van der Waals surface area contributed by atoms with E-state index in [1.807, 2.05) is 25.1 Å². The Morgan fingerprint density at radius 3 is 2.88 bits per heavy atom. The van der Waals surface area contributed by atoms with Crippen molar-refractivity contribution in [2.45, 2.75) is 13.5 Å². The van der Waals surface area contributed by atoms with Crippen LogP contribution in [-0.4, -0.2) is 19.7 Å². The van der Waals surface area contributed by atoms with Gasteiger partial charge in [-0.05, 0) is 30.2 Å². The van der Waals surface area contributed by atoms with Gasteiger partial charge in [-0.3, -0.25) is 0 Å². The molecule has 90 valence electrons. The second-order valence-electron chi connectivity index (χ2n) is 3.39. The highest BCUT2D eigenvalue weighted by molar-refractivity contribution is 5.67. The highest BCUT2D eigenvalue weighted by Crippen LogP contribution is 2.18. The van der Waals surface area contributed by atoms with Crippen molar-refractivity contribution >= 4 is 6.09 Å². The van der Waals surface area contributed by atoms with Crippen LogP contribution in [0, 0.1) is 18.3 Å². The molecule has 0 aromatic heterocycles. The van der Waals surface area contributed by atoms with E-state index in [2.05, 4.69) is 5.32 Å². The summed E-state index contributed by atoms with van der Waals surface area (Å²) in [4.78, 5) is 11.1. The van der Waals surface area contributed by atoms with Gasteiger partial charge in [0.25, 0.3) is 0 Å². The molecule has 1 N–H and O–H groups in total. The first-order chi connectivity index (χ1) is 8.17. The first-order valence-electron chi connectivity index (χ1n) is 5.08. The van der Waals surface area contributed by atoms with E-state index in [1.54, 1.807) is 13.2 Å². The van der Waals surface area contributed by atoms with Crippen LogP contribution in [0.1, 0.15) is 11.1 Å². The van der Waals surface area contributed by atoms with Gasteiger partial charge in [-0.15, -0.1) is 0 Å². The number of alkyl carbamates (subject to hydrolysis) is 1. The summed E-state index contributed by atoms with van der Waals surface area (Å²) >= 11 is 0. The number of methoxy groups -OCH3 is 1.